The predicted octanol–water partition coefficient (Wildman–Crippen LogP) is 8.80. The number of hydrogen-bond donors (Lipinski definition) is 0. The van der Waals surface area contributed by atoms with Gasteiger partial charge in [-0.15, -0.1) is 17.8 Å². The second-order valence-electron chi connectivity index (χ2n) is 15.4. The Labute approximate surface area is 348 Å². The molecular weight excluding hydrogens is 753 g/mol. The van der Waals surface area contributed by atoms with Gasteiger partial charge in [0, 0.05) is 36.4 Å². The number of hydrogen-bond acceptors (Lipinski definition) is 9. The van der Waals surface area contributed by atoms with Crippen LogP contribution in [0.1, 0.15) is 95.7 Å². The minimum atomic E-state index is -0.931. The van der Waals surface area contributed by atoms with E-state index >= 15 is 0 Å². The highest BCUT2D eigenvalue weighted by molar-refractivity contribution is 7.97. The van der Waals surface area contributed by atoms with Crippen molar-refractivity contribution >= 4 is 28.8 Å². The van der Waals surface area contributed by atoms with Crippen molar-refractivity contribution in [1.82, 2.24) is 0 Å². The lowest BCUT2D eigenvalue weighted by atomic mass is 10.1. The van der Waals surface area contributed by atoms with Crippen LogP contribution in [0.5, 0.6) is 17.2 Å². The number of aryl methyl sites for hydroxylation is 6. The van der Waals surface area contributed by atoms with Crippen LogP contribution in [0, 0.1) is 77.1 Å². The van der Waals surface area contributed by atoms with Gasteiger partial charge in [0.2, 0.25) is 0 Å². The third-order valence-corrected chi connectivity index (χ3v) is 10.5. The Morgan fingerprint density at radius 2 is 0.655 bits per heavy atom. The first-order chi connectivity index (χ1) is 27.0. The van der Waals surface area contributed by atoms with Crippen LogP contribution in [0.3, 0.4) is 0 Å². The lowest BCUT2D eigenvalue weighted by Gasteiger charge is -2.21. The topological polar surface area (TPSA) is 107 Å². The molecule has 308 valence electrons. The average molecular weight is 810 g/mol. The molecule has 0 aliphatic carbocycles. The quantitative estimate of drug-likeness (QED) is 0.0645. The summed E-state index contributed by atoms with van der Waals surface area (Å²) < 4.78 is 34.7. The number of rotatable bonds is 15. The third kappa shape index (κ3) is 13.3. The van der Waals surface area contributed by atoms with E-state index in [0.29, 0.717) is 17.2 Å². The molecule has 0 radical (unpaired) electrons. The van der Waals surface area contributed by atoms with Crippen LogP contribution >= 0.6 is 0 Å². The van der Waals surface area contributed by atoms with Crippen LogP contribution in [-0.4, -0.2) is 54.5 Å². The molecule has 9 nitrogen and oxygen atoms in total. The van der Waals surface area contributed by atoms with Crippen LogP contribution < -0.4 is 14.2 Å². The fourth-order valence-electron chi connectivity index (χ4n) is 6.49. The largest absolute Gasteiger partial charge is 0.481 e. The van der Waals surface area contributed by atoms with Gasteiger partial charge < -0.3 is 28.4 Å². The van der Waals surface area contributed by atoms with Crippen molar-refractivity contribution in [1.29, 1.82) is 0 Å². The van der Waals surface area contributed by atoms with Gasteiger partial charge in [-0.05, 0) is 137 Å². The molecule has 0 atom stereocenters. The Bertz CT molecular complexity index is 1910. The van der Waals surface area contributed by atoms with Crippen molar-refractivity contribution in [3.8, 4) is 52.8 Å². The lowest BCUT2D eigenvalue weighted by Crippen LogP contribution is -2.29. The zero-order valence-electron chi connectivity index (χ0n) is 36.7. The molecule has 0 saturated heterocycles. The molecule has 0 aliphatic heterocycles. The standard InChI is InChI=1S/C48H57O9S/c1-16-19-46(10,11)55-40(49)28-52-43-31(4)22-37(23-32(43)5)58(38-24-33(6)44(34(7)25-38)53-29-41(50)56-47(12,13)20-17-2)39-26-35(8)45(36(9)27-39)54-30-42(51)57-48(14,15)21-18-3/h22-27H,28-30H2,1-15H3/q+1. The third-order valence-electron chi connectivity index (χ3n) is 8.40. The zero-order valence-corrected chi connectivity index (χ0v) is 37.5. The summed E-state index contributed by atoms with van der Waals surface area (Å²) in [6, 6.07) is 12.4. The summed E-state index contributed by atoms with van der Waals surface area (Å²) in [4.78, 5) is 41.1. The predicted molar refractivity (Wildman–Crippen MR) is 227 cm³/mol. The maximum atomic E-state index is 12.7. The van der Waals surface area contributed by atoms with E-state index < -0.39 is 45.6 Å². The van der Waals surface area contributed by atoms with E-state index in [-0.39, 0.29) is 19.8 Å². The summed E-state index contributed by atoms with van der Waals surface area (Å²) in [6.45, 7) is 26.4. The first kappa shape index (κ1) is 46.9. The minimum absolute atomic E-state index is 0.268. The van der Waals surface area contributed by atoms with Gasteiger partial charge in [0.05, 0.1) is 10.9 Å². The second kappa shape index (κ2) is 19.8. The normalized spacial score (nSPS) is 11.2. The van der Waals surface area contributed by atoms with Crippen LogP contribution in [0.15, 0.2) is 51.1 Å². The van der Waals surface area contributed by atoms with Crippen molar-refractivity contribution < 1.29 is 42.8 Å². The van der Waals surface area contributed by atoms with E-state index in [4.69, 9.17) is 28.4 Å². The van der Waals surface area contributed by atoms with Gasteiger partial charge in [0.1, 0.15) is 17.2 Å². The zero-order chi connectivity index (χ0) is 43.6. The summed E-state index contributed by atoms with van der Waals surface area (Å²) in [6.07, 6.45) is 0. The summed E-state index contributed by atoms with van der Waals surface area (Å²) in [5.41, 5.74) is 2.28. The molecule has 0 unspecified atom stereocenters. The van der Waals surface area contributed by atoms with Crippen LogP contribution in [0.25, 0.3) is 0 Å². The van der Waals surface area contributed by atoms with Crippen molar-refractivity contribution in [2.75, 3.05) is 19.8 Å². The lowest BCUT2D eigenvalue weighted by molar-refractivity contribution is -0.155. The average Bonchev–Trinajstić information content (AvgIpc) is 3.06. The van der Waals surface area contributed by atoms with Gasteiger partial charge in [-0.3, -0.25) is 0 Å². The first-order valence-electron chi connectivity index (χ1n) is 19.0. The fraction of sp³-hybridized carbons (Fsp3) is 0.438. The van der Waals surface area contributed by atoms with Crippen molar-refractivity contribution in [3.05, 3.63) is 69.8 Å². The molecule has 10 heteroatoms. The maximum absolute atomic E-state index is 12.7. The van der Waals surface area contributed by atoms with Crippen LogP contribution in [0.2, 0.25) is 0 Å². The molecule has 0 bridgehead atoms. The molecule has 0 aliphatic rings. The molecule has 0 saturated carbocycles. The van der Waals surface area contributed by atoms with E-state index in [9.17, 15) is 14.4 Å². The first-order valence-corrected chi connectivity index (χ1v) is 20.2. The maximum Gasteiger partial charge on any atom is 0.345 e. The molecule has 3 rings (SSSR count). The molecule has 0 spiro atoms. The smallest absolute Gasteiger partial charge is 0.345 e. The van der Waals surface area contributed by atoms with Gasteiger partial charge in [-0.1, -0.05) is 17.8 Å². The summed E-state index contributed by atoms with van der Waals surface area (Å²) in [7, 11) is -0.674. The molecule has 0 heterocycles. The number of benzene rings is 3. The van der Waals surface area contributed by atoms with Gasteiger partial charge in [-0.25, -0.2) is 14.4 Å². The molecule has 0 aromatic heterocycles. The van der Waals surface area contributed by atoms with Gasteiger partial charge in [0.25, 0.3) is 0 Å². The number of ether oxygens (including phenoxy) is 6. The van der Waals surface area contributed by atoms with Crippen LogP contribution in [-0.2, 0) is 39.5 Å². The van der Waals surface area contributed by atoms with Crippen molar-refractivity contribution in [2.45, 2.75) is 135 Å². The van der Waals surface area contributed by atoms with Gasteiger partial charge >= 0.3 is 17.9 Å². The van der Waals surface area contributed by atoms with Crippen molar-refractivity contribution in [3.63, 3.8) is 0 Å². The highest BCUT2D eigenvalue weighted by Crippen LogP contribution is 2.40. The molecule has 3 aromatic rings. The Balaban J connectivity index is 2.07. The van der Waals surface area contributed by atoms with E-state index in [1.807, 2.05) is 41.5 Å². The number of carbonyl (C=O) groups is 3. The summed E-state index contributed by atoms with van der Waals surface area (Å²) >= 11 is 0. The molecule has 0 fully saturated rings. The molecular formula is C48H57O9S+. The van der Waals surface area contributed by atoms with Gasteiger partial charge in [-0.2, -0.15) is 0 Å². The van der Waals surface area contributed by atoms with E-state index in [0.717, 1.165) is 48.1 Å². The Kier molecular flexibility index (Phi) is 16.0. The second-order valence-corrected chi connectivity index (χ2v) is 17.4. The van der Waals surface area contributed by atoms with E-state index in [2.05, 4.69) is 71.9 Å². The van der Waals surface area contributed by atoms with E-state index in [1.165, 1.54) is 0 Å². The number of esters is 3. The van der Waals surface area contributed by atoms with Crippen LogP contribution in [0.4, 0.5) is 0 Å². The highest BCUT2D eigenvalue weighted by atomic mass is 32.2. The van der Waals surface area contributed by atoms with E-state index in [1.54, 1.807) is 62.3 Å². The Morgan fingerprint density at radius 1 is 0.448 bits per heavy atom. The molecule has 3 aromatic carbocycles. The monoisotopic (exact) mass is 809 g/mol. The fourth-order valence-corrected chi connectivity index (χ4v) is 9.08. The van der Waals surface area contributed by atoms with Crippen molar-refractivity contribution in [2.24, 2.45) is 0 Å². The Hall–Kier alpha value is -5.50. The summed E-state index contributed by atoms with van der Waals surface area (Å²) in [5.74, 6) is 17.2. The highest BCUT2D eigenvalue weighted by Gasteiger charge is 2.33. The summed E-state index contributed by atoms with van der Waals surface area (Å²) in [5, 5.41) is 0. The molecule has 0 amide bonds. The minimum Gasteiger partial charge on any atom is -0.481 e. The Morgan fingerprint density at radius 3 is 0.845 bits per heavy atom. The SMILES string of the molecule is CC#CC(C)(C)OC(=O)COc1c(C)cc([S+](c2cc(C)c(OCC(=O)OC(C)(C)C#CC)c(C)c2)c2cc(C)c(OCC(=O)OC(C)(C)C#CC)c(C)c2)cc1C. The number of carbonyl (C=O) groups excluding carboxylic acids is 3. The molecule has 0 N–H and O–H groups in total. The van der Waals surface area contributed by atoms with Gasteiger partial charge in [0.15, 0.2) is 51.3 Å². The molecule has 58 heavy (non-hydrogen) atoms.